The first kappa shape index (κ1) is 15.6. The van der Waals surface area contributed by atoms with Crippen LogP contribution in [-0.2, 0) is 4.79 Å². The molecule has 2 amide bonds. The molecule has 0 aliphatic heterocycles. The van der Waals surface area contributed by atoms with Crippen molar-refractivity contribution in [1.82, 2.24) is 5.32 Å². The molecule has 22 heavy (non-hydrogen) atoms. The number of ether oxygens (including phenoxy) is 1. The number of nitrogens with one attached hydrogen (secondary N) is 1. The van der Waals surface area contributed by atoms with Crippen LogP contribution in [0.15, 0.2) is 54.6 Å². The summed E-state index contributed by atoms with van der Waals surface area (Å²) >= 11 is 0. The summed E-state index contributed by atoms with van der Waals surface area (Å²) in [6.45, 7) is 1.82. The second-order valence-electron chi connectivity index (χ2n) is 4.88. The molecule has 2 rings (SSSR count). The van der Waals surface area contributed by atoms with Crippen LogP contribution in [-0.4, -0.2) is 18.4 Å². The molecule has 0 heterocycles. The van der Waals surface area contributed by atoms with Gasteiger partial charge >= 0.3 is 0 Å². The van der Waals surface area contributed by atoms with Crippen molar-refractivity contribution >= 4 is 11.8 Å². The van der Waals surface area contributed by atoms with Crippen LogP contribution >= 0.6 is 0 Å². The molecule has 114 valence electrons. The molecule has 0 spiro atoms. The van der Waals surface area contributed by atoms with E-state index >= 15 is 0 Å². The molecule has 0 aliphatic rings. The minimum atomic E-state index is -0.499. The number of hydrogen-bond donors (Lipinski definition) is 2. The van der Waals surface area contributed by atoms with Gasteiger partial charge in [-0.3, -0.25) is 9.59 Å². The van der Waals surface area contributed by atoms with Gasteiger partial charge in [0.15, 0.2) is 6.61 Å². The molecular formula is C17H18N2O3. The predicted molar refractivity (Wildman–Crippen MR) is 83.5 cm³/mol. The largest absolute Gasteiger partial charge is 0.484 e. The fraction of sp³-hybridized carbons (Fsp3) is 0.176. The highest BCUT2D eigenvalue weighted by Gasteiger charge is 2.09. The van der Waals surface area contributed by atoms with Gasteiger partial charge in [-0.1, -0.05) is 30.3 Å². The summed E-state index contributed by atoms with van der Waals surface area (Å²) < 4.78 is 5.38. The Bertz CT molecular complexity index is 639. The quantitative estimate of drug-likeness (QED) is 0.856. The molecule has 0 aromatic heterocycles. The molecule has 0 bridgehead atoms. The molecule has 2 aromatic carbocycles. The summed E-state index contributed by atoms with van der Waals surface area (Å²) in [7, 11) is 0. The molecule has 2 aromatic rings. The molecule has 5 nitrogen and oxygen atoms in total. The van der Waals surface area contributed by atoms with Crippen LogP contribution < -0.4 is 15.8 Å². The SMILES string of the molecule is CC(NC(=O)COc1ccc(C(N)=O)cc1)c1ccccc1. The van der Waals surface area contributed by atoms with Crippen LogP contribution in [0.4, 0.5) is 0 Å². The van der Waals surface area contributed by atoms with E-state index in [1.54, 1.807) is 24.3 Å². The molecule has 0 fully saturated rings. The molecule has 0 saturated carbocycles. The van der Waals surface area contributed by atoms with Gasteiger partial charge in [0.1, 0.15) is 5.75 Å². The Morgan fingerprint density at radius 3 is 2.32 bits per heavy atom. The Labute approximate surface area is 129 Å². The molecule has 0 saturated heterocycles. The van der Waals surface area contributed by atoms with E-state index in [1.165, 1.54) is 0 Å². The first-order chi connectivity index (χ1) is 10.6. The van der Waals surface area contributed by atoms with E-state index in [9.17, 15) is 9.59 Å². The topological polar surface area (TPSA) is 81.4 Å². The third kappa shape index (κ3) is 4.34. The Morgan fingerprint density at radius 1 is 1.09 bits per heavy atom. The minimum Gasteiger partial charge on any atom is -0.484 e. The van der Waals surface area contributed by atoms with Crippen LogP contribution in [0.1, 0.15) is 28.9 Å². The maximum absolute atomic E-state index is 11.9. The molecular weight excluding hydrogens is 280 g/mol. The highest BCUT2D eigenvalue weighted by Crippen LogP contribution is 2.13. The van der Waals surface area contributed by atoms with Gasteiger partial charge in [-0.15, -0.1) is 0 Å². The van der Waals surface area contributed by atoms with Gasteiger partial charge in [0.25, 0.3) is 5.91 Å². The van der Waals surface area contributed by atoms with E-state index in [0.29, 0.717) is 11.3 Å². The lowest BCUT2D eigenvalue weighted by atomic mass is 10.1. The first-order valence-electron chi connectivity index (χ1n) is 6.93. The highest BCUT2D eigenvalue weighted by atomic mass is 16.5. The van der Waals surface area contributed by atoms with Crippen molar-refractivity contribution < 1.29 is 14.3 Å². The lowest BCUT2D eigenvalue weighted by Gasteiger charge is -2.14. The van der Waals surface area contributed by atoms with E-state index < -0.39 is 5.91 Å². The molecule has 3 N–H and O–H groups in total. The van der Waals surface area contributed by atoms with Crippen molar-refractivity contribution in [1.29, 1.82) is 0 Å². The van der Waals surface area contributed by atoms with Crippen LogP contribution in [0.2, 0.25) is 0 Å². The molecule has 5 heteroatoms. The Morgan fingerprint density at radius 2 is 1.73 bits per heavy atom. The smallest absolute Gasteiger partial charge is 0.258 e. The van der Waals surface area contributed by atoms with E-state index in [0.717, 1.165) is 5.56 Å². The van der Waals surface area contributed by atoms with Crippen molar-refractivity contribution in [3.05, 3.63) is 65.7 Å². The van der Waals surface area contributed by atoms with Crippen LogP contribution in [0.25, 0.3) is 0 Å². The summed E-state index contributed by atoms with van der Waals surface area (Å²) in [4.78, 5) is 22.8. The van der Waals surface area contributed by atoms with Crippen molar-refractivity contribution in [2.45, 2.75) is 13.0 Å². The normalized spacial score (nSPS) is 11.5. The van der Waals surface area contributed by atoms with E-state index in [4.69, 9.17) is 10.5 Å². The van der Waals surface area contributed by atoms with Crippen molar-refractivity contribution in [3.8, 4) is 5.75 Å². The van der Waals surface area contributed by atoms with Crippen molar-refractivity contribution in [3.63, 3.8) is 0 Å². The highest BCUT2D eigenvalue weighted by molar-refractivity contribution is 5.92. The summed E-state index contributed by atoms with van der Waals surface area (Å²) in [6.07, 6.45) is 0. The number of amides is 2. The fourth-order valence-electron chi connectivity index (χ4n) is 1.97. The first-order valence-corrected chi connectivity index (χ1v) is 6.93. The van der Waals surface area contributed by atoms with Crippen LogP contribution in [0.3, 0.4) is 0 Å². The summed E-state index contributed by atoms with van der Waals surface area (Å²) in [5.74, 6) is -0.205. The second-order valence-corrected chi connectivity index (χ2v) is 4.88. The number of benzene rings is 2. The van der Waals surface area contributed by atoms with E-state index in [-0.39, 0.29) is 18.6 Å². The molecule has 0 radical (unpaired) electrons. The van der Waals surface area contributed by atoms with E-state index in [1.807, 2.05) is 37.3 Å². The Hall–Kier alpha value is -2.82. The van der Waals surface area contributed by atoms with Gasteiger partial charge in [-0.2, -0.15) is 0 Å². The Balaban J connectivity index is 1.83. The molecule has 1 atom stereocenters. The zero-order chi connectivity index (χ0) is 15.9. The van der Waals surface area contributed by atoms with Crippen molar-refractivity contribution in [2.24, 2.45) is 5.73 Å². The summed E-state index contributed by atoms with van der Waals surface area (Å²) in [5, 5.41) is 2.86. The summed E-state index contributed by atoms with van der Waals surface area (Å²) in [6, 6.07) is 15.9. The third-order valence-corrected chi connectivity index (χ3v) is 3.19. The number of carbonyl (C=O) groups is 2. The summed E-state index contributed by atoms with van der Waals surface area (Å²) in [5.41, 5.74) is 6.58. The van der Waals surface area contributed by atoms with Gasteiger partial charge in [-0.25, -0.2) is 0 Å². The lowest BCUT2D eigenvalue weighted by Crippen LogP contribution is -2.31. The standard InChI is InChI=1S/C17H18N2O3/c1-12(13-5-3-2-4-6-13)19-16(20)11-22-15-9-7-14(8-10-15)17(18)21/h2-10,12H,11H2,1H3,(H2,18,21)(H,19,20). The second kappa shape index (κ2) is 7.26. The average Bonchev–Trinajstić information content (AvgIpc) is 2.54. The van der Waals surface area contributed by atoms with Gasteiger partial charge in [0, 0.05) is 5.56 Å². The minimum absolute atomic E-state index is 0.0884. The number of nitrogens with two attached hydrogens (primary N) is 1. The Kier molecular flexibility index (Phi) is 5.14. The molecule has 1 unspecified atom stereocenters. The third-order valence-electron chi connectivity index (χ3n) is 3.19. The maximum Gasteiger partial charge on any atom is 0.258 e. The molecule has 0 aliphatic carbocycles. The van der Waals surface area contributed by atoms with Gasteiger partial charge < -0.3 is 15.8 Å². The number of primary amides is 1. The number of hydrogen-bond acceptors (Lipinski definition) is 3. The van der Waals surface area contributed by atoms with Gasteiger partial charge in [0.2, 0.25) is 5.91 Å². The van der Waals surface area contributed by atoms with E-state index in [2.05, 4.69) is 5.32 Å². The lowest BCUT2D eigenvalue weighted by molar-refractivity contribution is -0.123. The number of carbonyl (C=O) groups excluding carboxylic acids is 2. The van der Waals surface area contributed by atoms with Crippen LogP contribution in [0, 0.1) is 0 Å². The zero-order valence-corrected chi connectivity index (χ0v) is 12.3. The zero-order valence-electron chi connectivity index (χ0n) is 12.3. The fourth-order valence-corrected chi connectivity index (χ4v) is 1.97. The predicted octanol–water partition coefficient (Wildman–Crippen LogP) is 2.04. The average molecular weight is 298 g/mol. The van der Waals surface area contributed by atoms with Gasteiger partial charge in [-0.05, 0) is 36.8 Å². The van der Waals surface area contributed by atoms with Gasteiger partial charge in [0.05, 0.1) is 6.04 Å². The van der Waals surface area contributed by atoms with Crippen LogP contribution in [0.5, 0.6) is 5.75 Å². The number of rotatable bonds is 6. The maximum atomic E-state index is 11.9. The monoisotopic (exact) mass is 298 g/mol. The van der Waals surface area contributed by atoms with Crippen molar-refractivity contribution in [2.75, 3.05) is 6.61 Å².